The molecule has 0 aromatic carbocycles. The van der Waals surface area contributed by atoms with Crippen molar-refractivity contribution in [2.75, 3.05) is 13.1 Å². The van der Waals surface area contributed by atoms with E-state index in [-0.39, 0.29) is 24.0 Å². The largest absolute Gasteiger partial charge is 0.465 e. The van der Waals surface area contributed by atoms with Gasteiger partial charge in [0.2, 0.25) is 5.28 Å². The molecule has 3 heterocycles. The van der Waals surface area contributed by atoms with Gasteiger partial charge in [-0.15, -0.1) is 0 Å². The van der Waals surface area contributed by atoms with E-state index >= 15 is 0 Å². The number of fused-ring (bicyclic) bond motifs is 1. The molecule has 2 aromatic rings. The van der Waals surface area contributed by atoms with E-state index in [9.17, 15) is 14.0 Å². The van der Waals surface area contributed by atoms with Gasteiger partial charge >= 0.3 is 11.8 Å². The predicted octanol–water partition coefficient (Wildman–Crippen LogP) is 0.656. The fourth-order valence-corrected chi connectivity index (χ4v) is 2.69. The molecule has 0 unspecified atom stereocenters. The topological polar surface area (TPSA) is 93.2 Å². The predicted molar refractivity (Wildman–Crippen MR) is 71.3 cm³/mol. The third-order valence-electron chi connectivity index (χ3n) is 3.63. The zero-order valence-electron chi connectivity index (χ0n) is 10.9. The zero-order valence-corrected chi connectivity index (χ0v) is 11.7. The van der Waals surface area contributed by atoms with Gasteiger partial charge in [0.1, 0.15) is 11.7 Å². The van der Waals surface area contributed by atoms with E-state index in [0.717, 1.165) is 9.47 Å². The van der Waals surface area contributed by atoms with Crippen molar-refractivity contribution in [1.29, 1.82) is 0 Å². The van der Waals surface area contributed by atoms with Crippen molar-refractivity contribution in [2.24, 2.45) is 7.05 Å². The number of aromatic nitrogens is 4. The molecule has 1 aliphatic heterocycles. The summed E-state index contributed by atoms with van der Waals surface area (Å²) in [5.41, 5.74) is 0.120. The van der Waals surface area contributed by atoms with Crippen LogP contribution in [0.25, 0.3) is 11.2 Å². The second-order valence-corrected chi connectivity index (χ2v) is 5.17. The van der Waals surface area contributed by atoms with E-state index in [1.54, 1.807) is 0 Å². The van der Waals surface area contributed by atoms with Gasteiger partial charge in [0.05, 0.1) is 18.8 Å². The first-order valence-electron chi connectivity index (χ1n) is 6.11. The van der Waals surface area contributed by atoms with Gasteiger partial charge in [-0.25, -0.2) is 19.0 Å². The molecule has 1 N–H and O–H groups in total. The molecule has 1 fully saturated rings. The summed E-state index contributed by atoms with van der Waals surface area (Å²) in [6, 6.07) is -0.928. The zero-order chi connectivity index (χ0) is 15.3. The summed E-state index contributed by atoms with van der Waals surface area (Å²) >= 11 is 5.73. The number of hydrogen-bond acceptors (Lipinski definition) is 4. The monoisotopic (exact) mass is 315 g/mol. The lowest BCUT2D eigenvalue weighted by atomic mass is 10.2. The molecule has 112 valence electrons. The average molecular weight is 316 g/mol. The van der Waals surface area contributed by atoms with Gasteiger partial charge in [-0.3, -0.25) is 9.13 Å². The molecule has 10 heteroatoms. The maximum Gasteiger partial charge on any atom is 0.407 e. The van der Waals surface area contributed by atoms with Crippen molar-refractivity contribution in [3.05, 3.63) is 22.0 Å². The van der Waals surface area contributed by atoms with Crippen LogP contribution in [-0.4, -0.2) is 54.5 Å². The summed E-state index contributed by atoms with van der Waals surface area (Å²) in [5.74, 6) is 0. The van der Waals surface area contributed by atoms with Crippen LogP contribution in [0.2, 0.25) is 5.28 Å². The van der Waals surface area contributed by atoms with Crippen LogP contribution in [0.15, 0.2) is 11.0 Å². The van der Waals surface area contributed by atoms with Crippen LogP contribution in [-0.2, 0) is 7.05 Å². The fraction of sp³-hybridized carbons (Fsp3) is 0.455. The molecule has 21 heavy (non-hydrogen) atoms. The summed E-state index contributed by atoms with van der Waals surface area (Å²) in [7, 11) is 1.51. The molecular formula is C11H11ClFN5O3. The van der Waals surface area contributed by atoms with Crippen LogP contribution in [0.1, 0.15) is 6.04 Å². The second-order valence-electron chi connectivity index (χ2n) is 4.83. The van der Waals surface area contributed by atoms with Crippen molar-refractivity contribution in [3.63, 3.8) is 0 Å². The highest BCUT2D eigenvalue weighted by molar-refractivity contribution is 6.28. The minimum absolute atomic E-state index is 0.0645. The van der Waals surface area contributed by atoms with Crippen LogP contribution in [0.3, 0.4) is 0 Å². The second kappa shape index (κ2) is 4.69. The standard InChI is InChI=1S/C11H11ClFN5O3/c1-16-6-2-14-9(12)15-8(6)18(10(16)19)7-4-17(11(20)21)3-5(7)13/h2,5,7H,3-4H2,1H3,(H,20,21)/t5-,7-/m1/s1. The third-order valence-corrected chi connectivity index (χ3v) is 3.81. The number of likely N-dealkylation sites (tertiary alicyclic amines) is 1. The molecule has 2 atom stereocenters. The number of aryl methyl sites for hydroxylation is 1. The average Bonchev–Trinajstić information content (AvgIpc) is 2.90. The molecule has 0 bridgehead atoms. The van der Waals surface area contributed by atoms with E-state index in [1.165, 1.54) is 17.8 Å². The lowest BCUT2D eigenvalue weighted by Crippen LogP contribution is -2.31. The molecule has 3 rings (SSSR count). The Morgan fingerprint density at radius 1 is 1.52 bits per heavy atom. The van der Waals surface area contributed by atoms with Gasteiger partial charge in [-0.05, 0) is 11.6 Å². The summed E-state index contributed by atoms with van der Waals surface area (Å²) < 4.78 is 16.6. The van der Waals surface area contributed by atoms with Crippen molar-refractivity contribution >= 4 is 28.9 Å². The molecule has 0 saturated carbocycles. The Kier molecular flexibility index (Phi) is 3.08. The third kappa shape index (κ3) is 2.04. The number of halogens is 2. The lowest BCUT2D eigenvalue weighted by Gasteiger charge is -2.13. The quantitative estimate of drug-likeness (QED) is 0.780. The maximum absolute atomic E-state index is 14.2. The van der Waals surface area contributed by atoms with Crippen LogP contribution in [0, 0.1) is 0 Å². The molecule has 0 radical (unpaired) electrons. The highest BCUT2D eigenvalue weighted by atomic mass is 35.5. The van der Waals surface area contributed by atoms with Crippen molar-refractivity contribution in [1.82, 2.24) is 24.0 Å². The lowest BCUT2D eigenvalue weighted by molar-refractivity contribution is 0.152. The molecule has 1 aliphatic rings. The number of imidazole rings is 1. The first-order chi connectivity index (χ1) is 9.90. The first kappa shape index (κ1) is 13.8. The summed E-state index contributed by atoms with van der Waals surface area (Å²) in [6.07, 6.45) is -1.33. The molecule has 8 nitrogen and oxygen atoms in total. The SMILES string of the molecule is Cn1c(=O)n([C@@H]2CN(C(=O)O)C[C@H]2F)c2nc(Cl)ncc21. The molecule has 0 spiro atoms. The van der Waals surface area contributed by atoms with E-state index in [1.807, 2.05) is 0 Å². The Morgan fingerprint density at radius 2 is 2.24 bits per heavy atom. The van der Waals surface area contributed by atoms with Crippen LogP contribution >= 0.6 is 11.6 Å². The van der Waals surface area contributed by atoms with Gasteiger partial charge in [0.15, 0.2) is 5.65 Å². The van der Waals surface area contributed by atoms with Gasteiger partial charge in [-0.2, -0.15) is 4.98 Å². The molecule has 1 amide bonds. The number of carboxylic acid groups (broad SMARTS) is 1. The van der Waals surface area contributed by atoms with Gasteiger partial charge in [0.25, 0.3) is 0 Å². The van der Waals surface area contributed by atoms with Crippen molar-refractivity contribution < 1.29 is 14.3 Å². The van der Waals surface area contributed by atoms with Crippen LogP contribution in [0.4, 0.5) is 9.18 Å². The van der Waals surface area contributed by atoms with Gasteiger partial charge in [0, 0.05) is 13.6 Å². The number of carbonyl (C=O) groups is 1. The molecular weight excluding hydrogens is 305 g/mol. The summed E-state index contributed by atoms with van der Waals surface area (Å²) in [5, 5.41) is 8.88. The normalized spacial score (nSPS) is 22.1. The Balaban J connectivity index is 2.17. The number of amides is 1. The first-order valence-corrected chi connectivity index (χ1v) is 6.49. The number of alkyl halides is 1. The van der Waals surface area contributed by atoms with E-state index < -0.39 is 24.0 Å². The number of nitrogens with zero attached hydrogens (tertiary/aromatic N) is 5. The van der Waals surface area contributed by atoms with Crippen molar-refractivity contribution in [2.45, 2.75) is 12.2 Å². The maximum atomic E-state index is 14.2. The minimum atomic E-state index is -1.49. The number of hydrogen-bond donors (Lipinski definition) is 1. The molecule has 2 aromatic heterocycles. The minimum Gasteiger partial charge on any atom is -0.465 e. The highest BCUT2D eigenvalue weighted by Crippen LogP contribution is 2.26. The van der Waals surface area contributed by atoms with E-state index in [0.29, 0.717) is 5.52 Å². The van der Waals surface area contributed by atoms with Gasteiger partial charge < -0.3 is 10.0 Å². The smallest absolute Gasteiger partial charge is 0.407 e. The molecule has 0 aliphatic carbocycles. The fourth-order valence-electron chi connectivity index (χ4n) is 2.56. The Bertz CT molecular complexity index is 788. The van der Waals surface area contributed by atoms with E-state index in [2.05, 4.69) is 9.97 Å². The summed E-state index contributed by atoms with van der Waals surface area (Å²) in [6.45, 7) is -0.390. The number of rotatable bonds is 1. The Labute approximate surface area is 122 Å². The highest BCUT2D eigenvalue weighted by Gasteiger charge is 2.39. The van der Waals surface area contributed by atoms with Crippen LogP contribution in [0.5, 0.6) is 0 Å². The molecule has 1 saturated heterocycles. The van der Waals surface area contributed by atoms with Gasteiger partial charge in [-0.1, -0.05) is 0 Å². The van der Waals surface area contributed by atoms with E-state index in [4.69, 9.17) is 16.7 Å². The van der Waals surface area contributed by atoms with Crippen molar-refractivity contribution in [3.8, 4) is 0 Å². The Hall–Kier alpha value is -2.16. The summed E-state index contributed by atoms with van der Waals surface area (Å²) in [4.78, 5) is 31.9. The van der Waals surface area contributed by atoms with Crippen LogP contribution < -0.4 is 5.69 Å². The Morgan fingerprint density at radius 3 is 2.86 bits per heavy atom.